The van der Waals surface area contributed by atoms with Gasteiger partial charge in [-0.3, -0.25) is 9.78 Å². The van der Waals surface area contributed by atoms with Gasteiger partial charge in [0, 0.05) is 5.39 Å². The number of para-hydroxylation sites is 2. The van der Waals surface area contributed by atoms with Crippen LogP contribution in [0, 0.1) is 13.8 Å². The van der Waals surface area contributed by atoms with Crippen molar-refractivity contribution in [2.75, 3.05) is 5.32 Å². The molecule has 110 valence electrons. The molecule has 0 atom stereocenters. The molecule has 4 heteroatoms. The van der Waals surface area contributed by atoms with Gasteiger partial charge in [-0.25, -0.2) is 0 Å². The first-order chi connectivity index (χ1) is 10.5. The monoisotopic (exact) mass is 292 g/mol. The molecule has 4 nitrogen and oxygen atoms in total. The van der Waals surface area contributed by atoms with E-state index >= 15 is 0 Å². The van der Waals surface area contributed by atoms with Crippen molar-refractivity contribution in [3.05, 3.63) is 65.4 Å². The van der Waals surface area contributed by atoms with Crippen LogP contribution in [0.5, 0.6) is 5.75 Å². The molecule has 0 unspecified atom stereocenters. The third-order valence-corrected chi connectivity index (χ3v) is 3.56. The smallest absolute Gasteiger partial charge is 0.257 e. The maximum Gasteiger partial charge on any atom is 0.257 e. The van der Waals surface area contributed by atoms with Crippen LogP contribution in [0.4, 0.5) is 5.69 Å². The molecular formula is C18H16N2O2. The van der Waals surface area contributed by atoms with Crippen LogP contribution in [0.2, 0.25) is 0 Å². The van der Waals surface area contributed by atoms with E-state index in [4.69, 9.17) is 0 Å². The molecule has 0 spiro atoms. The number of fused-ring (bicyclic) bond motifs is 1. The van der Waals surface area contributed by atoms with E-state index in [2.05, 4.69) is 10.3 Å². The second-order valence-electron chi connectivity index (χ2n) is 5.29. The largest absolute Gasteiger partial charge is 0.506 e. The van der Waals surface area contributed by atoms with Gasteiger partial charge < -0.3 is 10.4 Å². The van der Waals surface area contributed by atoms with Crippen LogP contribution in [0.15, 0.2) is 48.5 Å². The summed E-state index contributed by atoms with van der Waals surface area (Å²) in [5.41, 5.74) is 3.52. The maximum atomic E-state index is 12.5. The Morgan fingerprint density at radius 2 is 1.86 bits per heavy atom. The number of benzene rings is 2. The molecule has 22 heavy (non-hydrogen) atoms. The number of phenolic OH excluding ortho intramolecular Hbond substituents is 1. The Bertz CT molecular complexity index is 872. The molecule has 0 aliphatic rings. The van der Waals surface area contributed by atoms with Crippen LogP contribution in [0.1, 0.15) is 21.6 Å². The average molecular weight is 292 g/mol. The van der Waals surface area contributed by atoms with Crippen molar-refractivity contribution in [1.82, 2.24) is 4.98 Å². The van der Waals surface area contributed by atoms with E-state index in [0.29, 0.717) is 16.9 Å². The van der Waals surface area contributed by atoms with Crippen LogP contribution in [-0.2, 0) is 0 Å². The normalized spacial score (nSPS) is 10.6. The number of nitrogens with one attached hydrogen (secondary N) is 1. The number of aromatic nitrogens is 1. The Balaban J connectivity index is 2.00. The molecule has 0 fully saturated rings. The zero-order valence-corrected chi connectivity index (χ0v) is 12.4. The lowest BCUT2D eigenvalue weighted by Gasteiger charge is -2.10. The first-order valence-corrected chi connectivity index (χ1v) is 7.02. The van der Waals surface area contributed by atoms with Gasteiger partial charge in [-0.1, -0.05) is 23.8 Å². The van der Waals surface area contributed by atoms with Gasteiger partial charge in [0.2, 0.25) is 0 Å². The number of rotatable bonds is 2. The summed E-state index contributed by atoms with van der Waals surface area (Å²) < 4.78 is 0. The maximum absolute atomic E-state index is 12.5. The number of phenols is 1. The Kier molecular flexibility index (Phi) is 3.51. The standard InChI is InChI=1S/C18H16N2O2/c1-11-7-8-15-13(9-11)10-14(12(2)19-15)18(22)20-16-5-3-4-6-17(16)21/h3-10,21H,1-2H3,(H,20,22). The van der Waals surface area contributed by atoms with Crippen LogP contribution in [0.25, 0.3) is 10.9 Å². The van der Waals surface area contributed by atoms with Crippen LogP contribution >= 0.6 is 0 Å². The Hall–Kier alpha value is -2.88. The van der Waals surface area contributed by atoms with Gasteiger partial charge in [-0.05, 0) is 44.2 Å². The highest BCUT2D eigenvalue weighted by molar-refractivity contribution is 6.07. The molecule has 1 heterocycles. The molecular weight excluding hydrogens is 276 g/mol. The minimum Gasteiger partial charge on any atom is -0.506 e. The predicted octanol–water partition coefficient (Wildman–Crippen LogP) is 3.81. The van der Waals surface area contributed by atoms with Gasteiger partial charge in [-0.15, -0.1) is 0 Å². The minimum atomic E-state index is -0.282. The lowest BCUT2D eigenvalue weighted by atomic mass is 10.1. The van der Waals surface area contributed by atoms with Gasteiger partial charge >= 0.3 is 0 Å². The highest BCUT2D eigenvalue weighted by atomic mass is 16.3. The number of aromatic hydroxyl groups is 1. The van der Waals surface area contributed by atoms with Crippen molar-refractivity contribution in [2.24, 2.45) is 0 Å². The van der Waals surface area contributed by atoms with Crippen molar-refractivity contribution in [2.45, 2.75) is 13.8 Å². The van der Waals surface area contributed by atoms with Crippen molar-refractivity contribution < 1.29 is 9.90 Å². The van der Waals surface area contributed by atoms with Crippen LogP contribution in [0.3, 0.4) is 0 Å². The fraction of sp³-hybridized carbons (Fsp3) is 0.111. The molecule has 0 aliphatic carbocycles. The fourth-order valence-electron chi connectivity index (χ4n) is 2.39. The van der Waals surface area contributed by atoms with E-state index in [1.165, 1.54) is 6.07 Å². The zero-order valence-electron chi connectivity index (χ0n) is 12.4. The number of nitrogens with zero attached hydrogens (tertiary/aromatic N) is 1. The van der Waals surface area contributed by atoms with Crippen LogP contribution in [-0.4, -0.2) is 16.0 Å². The average Bonchev–Trinajstić information content (AvgIpc) is 2.49. The number of amides is 1. The van der Waals surface area contributed by atoms with Crippen molar-refractivity contribution in [3.63, 3.8) is 0 Å². The van der Waals surface area contributed by atoms with Gasteiger partial charge in [-0.2, -0.15) is 0 Å². The molecule has 0 radical (unpaired) electrons. The van der Waals surface area contributed by atoms with E-state index in [1.54, 1.807) is 25.1 Å². The third-order valence-electron chi connectivity index (χ3n) is 3.56. The number of carbonyl (C=O) groups excluding carboxylic acids is 1. The molecule has 2 N–H and O–H groups in total. The van der Waals surface area contributed by atoms with Gasteiger partial charge in [0.1, 0.15) is 5.75 Å². The summed E-state index contributed by atoms with van der Waals surface area (Å²) >= 11 is 0. The van der Waals surface area contributed by atoms with E-state index < -0.39 is 0 Å². The molecule has 0 aliphatic heterocycles. The number of anilines is 1. The summed E-state index contributed by atoms with van der Waals surface area (Å²) in [5, 5.41) is 13.4. The lowest BCUT2D eigenvalue weighted by molar-refractivity contribution is 0.102. The molecule has 0 bridgehead atoms. The third kappa shape index (κ3) is 2.63. The number of hydrogen-bond acceptors (Lipinski definition) is 3. The molecule has 0 saturated heterocycles. The topological polar surface area (TPSA) is 62.2 Å². The molecule has 2 aromatic carbocycles. The first kappa shape index (κ1) is 14.1. The van der Waals surface area contributed by atoms with Gasteiger partial charge in [0.25, 0.3) is 5.91 Å². The molecule has 0 saturated carbocycles. The van der Waals surface area contributed by atoms with Crippen molar-refractivity contribution >= 4 is 22.5 Å². The molecule has 1 amide bonds. The Morgan fingerprint density at radius 3 is 2.64 bits per heavy atom. The predicted molar refractivity (Wildman–Crippen MR) is 87.3 cm³/mol. The zero-order chi connectivity index (χ0) is 15.7. The summed E-state index contributed by atoms with van der Waals surface area (Å²) in [6.07, 6.45) is 0. The van der Waals surface area contributed by atoms with E-state index in [1.807, 2.05) is 31.2 Å². The second kappa shape index (κ2) is 5.48. The molecule has 3 aromatic rings. The Morgan fingerprint density at radius 1 is 1.09 bits per heavy atom. The Labute approximate surface area is 128 Å². The summed E-state index contributed by atoms with van der Waals surface area (Å²) in [5.74, 6) is -0.243. The summed E-state index contributed by atoms with van der Waals surface area (Å²) in [6, 6.07) is 14.4. The number of pyridine rings is 1. The summed E-state index contributed by atoms with van der Waals surface area (Å²) in [7, 11) is 0. The quantitative estimate of drug-likeness (QED) is 0.706. The highest BCUT2D eigenvalue weighted by Crippen LogP contribution is 2.24. The van der Waals surface area contributed by atoms with Crippen LogP contribution < -0.4 is 5.32 Å². The highest BCUT2D eigenvalue weighted by Gasteiger charge is 2.13. The SMILES string of the molecule is Cc1ccc2nc(C)c(C(=O)Nc3ccccc3O)cc2c1. The molecule has 1 aromatic heterocycles. The number of aryl methyl sites for hydroxylation is 2. The lowest BCUT2D eigenvalue weighted by Crippen LogP contribution is -2.14. The first-order valence-electron chi connectivity index (χ1n) is 7.02. The second-order valence-corrected chi connectivity index (χ2v) is 5.29. The summed E-state index contributed by atoms with van der Waals surface area (Å²) in [4.78, 5) is 16.9. The fourth-order valence-corrected chi connectivity index (χ4v) is 2.39. The minimum absolute atomic E-state index is 0.0399. The van der Waals surface area contributed by atoms with Gasteiger partial charge in [0.05, 0.1) is 22.5 Å². The number of hydrogen-bond donors (Lipinski definition) is 2. The van der Waals surface area contributed by atoms with E-state index in [0.717, 1.165) is 16.5 Å². The van der Waals surface area contributed by atoms with E-state index in [-0.39, 0.29) is 11.7 Å². The summed E-state index contributed by atoms with van der Waals surface area (Å²) in [6.45, 7) is 3.81. The van der Waals surface area contributed by atoms with Crippen molar-refractivity contribution in [3.8, 4) is 5.75 Å². The molecule has 3 rings (SSSR count). The number of carbonyl (C=O) groups is 1. The van der Waals surface area contributed by atoms with E-state index in [9.17, 15) is 9.90 Å². The van der Waals surface area contributed by atoms with Crippen molar-refractivity contribution in [1.29, 1.82) is 0 Å². The van der Waals surface area contributed by atoms with Gasteiger partial charge in [0.15, 0.2) is 0 Å².